The number of rotatable bonds is 0. The number of nitrogens with zero attached hydrogens (tertiary/aromatic N) is 1. The van der Waals surface area contributed by atoms with Crippen molar-refractivity contribution in [3.05, 3.63) is 35.9 Å². The third-order valence-electron chi connectivity index (χ3n) is 0.847. The van der Waals surface area contributed by atoms with Gasteiger partial charge in [-0.3, -0.25) is 0 Å². The third kappa shape index (κ3) is 2.39. The smallest absolute Gasteiger partial charge is 0.0991 e. The van der Waals surface area contributed by atoms with Gasteiger partial charge < -0.3 is 0 Å². The van der Waals surface area contributed by atoms with E-state index in [1.807, 2.05) is 6.07 Å². The molecular formula is C7H4NZn. The van der Waals surface area contributed by atoms with E-state index in [0.29, 0.717) is 5.56 Å². The van der Waals surface area contributed by atoms with E-state index in [1.54, 1.807) is 24.3 Å². The molecule has 0 unspecified atom stereocenters. The molecule has 0 fully saturated rings. The predicted molar refractivity (Wildman–Crippen MR) is 30.0 cm³/mol. The molecule has 0 aliphatic rings. The number of hydrogen-bond donors (Lipinski definition) is 0. The second-order valence-corrected chi connectivity index (χ2v) is 1.40. The Kier molecular flexibility index (Phi) is 3.92. The maximum absolute atomic E-state index is 8.27. The Morgan fingerprint density at radius 2 is 1.89 bits per heavy atom. The molecule has 1 nitrogen and oxygen atoms in total. The van der Waals surface area contributed by atoms with E-state index in [1.165, 1.54) is 0 Å². The monoisotopic (exact) mass is 166 g/mol. The van der Waals surface area contributed by atoms with Crippen LogP contribution in [0, 0.1) is 17.4 Å². The fourth-order valence-electron chi connectivity index (χ4n) is 0.461. The summed E-state index contributed by atoms with van der Waals surface area (Å²) in [4.78, 5) is 0. The Labute approximate surface area is 67.1 Å². The van der Waals surface area contributed by atoms with Crippen molar-refractivity contribution >= 4 is 0 Å². The van der Waals surface area contributed by atoms with Gasteiger partial charge in [-0.05, 0) is 18.2 Å². The second kappa shape index (κ2) is 4.24. The van der Waals surface area contributed by atoms with Crippen LogP contribution < -0.4 is 0 Å². The summed E-state index contributed by atoms with van der Waals surface area (Å²) in [5.74, 6) is 0. The van der Waals surface area contributed by atoms with Gasteiger partial charge >= 0.3 is 0 Å². The molecule has 1 aromatic rings. The fourth-order valence-corrected chi connectivity index (χ4v) is 0.461. The van der Waals surface area contributed by atoms with E-state index in [9.17, 15) is 0 Å². The minimum absolute atomic E-state index is 0. The first-order valence-corrected chi connectivity index (χ1v) is 2.29. The SMILES string of the molecule is N#Cc1cc[c]cc1.[Zn]. The summed E-state index contributed by atoms with van der Waals surface area (Å²) in [6.07, 6.45) is 0. The average molecular weight is 168 g/mol. The number of nitriles is 1. The molecule has 0 spiro atoms. The zero-order valence-corrected chi connectivity index (χ0v) is 7.93. The first kappa shape index (κ1) is 8.33. The Hall–Kier alpha value is -0.667. The molecule has 0 heterocycles. The van der Waals surface area contributed by atoms with Crippen molar-refractivity contribution in [2.45, 2.75) is 0 Å². The van der Waals surface area contributed by atoms with Crippen LogP contribution in [-0.2, 0) is 19.5 Å². The molecule has 0 bridgehead atoms. The van der Waals surface area contributed by atoms with Gasteiger partial charge in [-0.2, -0.15) is 5.26 Å². The van der Waals surface area contributed by atoms with E-state index in [-0.39, 0.29) is 19.5 Å². The Morgan fingerprint density at radius 1 is 1.33 bits per heavy atom. The van der Waals surface area contributed by atoms with Gasteiger partial charge in [0.2, 0.25) is 0 Å². The first-order chi connectivity index (χ1) is 3.93. The molecule has 1 aromatic carbocycles. The molecule has 0 N–H and O–H groups in total. The van der Waals surface area contributed by atoms with Gasteiger partial charge in [0.25, 0.3) is 0 Å². The van der Waals surface area contributed by atoms with Crippen LogP contribution in [0.5, 0.6) is 0 Å². The third-order valence-corrected chi connectivity index (χ3v) is 0.847. The molecule has 2 heteroatoms. The largest absolute Gasteiger partial charge is 0.192 e. The molecule has 39 valence electrons. The van der Waals surface area contributed by atoms with Crippen molar-refractivity contribution in [2.75, 3.05) is 0 Å². The summed E-state index contributed by atoms with van der Waals surface area (Å²) in [6.45, 7) is 0. The van der Waals surface area contributed by atoms with Crippen LogP contribution in [0.3, 0.4) is 0 Å². The van der Waals surface area contributed by atoms with Gasteiger partial charge in [0.1, 0.15) is 0 Å². The van der Waals surface area contributed by atoms with Gasteiger partial charge in [0, 0.05) is 19.5 Å². The zero-order valence-electron chi connectivity index (χ0n) is 4.96. The summed E-state index contributed by atoms with van der Waals surface area (Å²) in [5.41, 5.74) is 0.684. The Morgan fingerprint density at radius 3 is 2.22 bits per heavy atom. The van der Waals surface area contributed by atoms with Gasteiger partial charge in [0.05, 0.1) is 11.6 Å². The molecule has 1 radical (unpaired) electrons. The van der Waals surface area contributed by atoms with Crippen LogP contribution in [0.25, 0.3) is 0 Å². The Bertz CT molecular complexity index is 200. The summed E-state index contributed by atoms with van der Waals surface area (Å²) in [6, 6.07) is 11.7. The minimum atomic E-state index is 0. The van der Waals surface area contributed by atoms with Crippen molar-refractivity contribution in [3.63, 3.8) is 0 Å². The molecule has 9 heavy (non-hydrogen) atoms. The quantitative estimate of drug-likeness (QED) is 0.535. The van der Waals surface area contributed by atoms with Gasteiger partial charge in [-0.1, -0.05) is 12.1 Å². The van der Waals surface area contributed by atoms with Crippen LogP contribution in [0.4, 0.5) is 0 Å². The van der Waals surface area contributed by atoms with Gasteiger partial charge in [0.15, 0.2) is 0 Å². The summed E-state index contributed by atoms with van der Waals surface area (Å²) >= 11 is 0. The molecular weight excluding hydrogens is 163 g/mol. The maximum atomic E-state index is 8.27. The summed E-state index contributed by atoms with van der Waals surface area (Å²) < 4.78 is 0. The maximum Gasteiger partial charge on any atom is 0.0991 e. The van der Waals surface area contributed by atoms with Crippen LogP contribution in [0.2, 0.25) is 0 Å². The summed E-state index contributed by atoms with van der Waals surface area (Å²) in [5, 5.41) is 8.27. The molecule has 0 atom stereocenters. The van der Waals surface area contributed by atoms with E-state index in [2.05, 4.69) is 6.07 Å². The Balaban J connectivity index is 0.000000640. The summed E-state index contributed by atoms with van der Waals surface area (Å²) in [7, 11) is 0. The van der Waals surface area contributed by atoms with Crippen molar-refractivity contribution < 1.29 is 19.5 Å². The fraction of sp³-hybridized carbons (Fsp3) is 0. The van der Waals surface area contributed by atoms with E-state index >= 15 is 0 Å². The molecule has 0 aliphatic heterocycles. The van der Waals surface area contributed by atoms with Gasteiger partial charge in [-0.15, -0.1) is 0 Å². The van der Waals surface area contributed by atoms with Crippen LogP contribution in [0.1, 0.15) is 5.56 Å². The molecule has 0 amide bonds. The molecule has 0 aliphatic carbocycles. The normalized spacial score (nSPS) is 7.00. The van der Waals surface area contributed by atoms with E-state index in [4.69, 9.17) is 5.26 Å². The number of hydrogen-bond acceptors (Lipinski definition) is 1. The van der Waals surface area contributed by atoms with Crippen LogP contribution in [0.15, 0.2) is 24.3 Å². The topological polar surface area (TPSA) is 23.8 Å². The first-order valence-electron chi connectivity index (χ1n) is 2.29. The minimum Gasteiger partial charge on any atom is -0.192 e. The predicted octanol–water partition coefficient (Wildman–Crippen LogP) is 1.36. The zero-order chi connectivity index (χ0) is 5.82. The van der Waals surface area contributed by atoms with Crippen molar-refractivity contribution in [1.82, 2.24) is 0 Å². The molecule has 0 aromatic heterocycles. The van der Waals surface area contributed by atoms with Gasteiger partial charge in [-0.25, -0.2) is 0 Å². The average Bonchev–Trinajstić information content (AvgIpc) is 1.90. The van der Waals surface area contributed by atoms with Crippen molar-refractivity contribution in [2.24, 2.45) is 0 Å². The second-order valence-electron chi connectivity index (χ2n) is 1.40. The number of benzene rings is 1. The molecule has 1 rings (SSSR count). The standard InChI is InChI=1S/C7H4N.Zn/c8-6-7-4-2-1-3-5-7;/h2-5H;. The molecule has 0 saturated carbocycles. The van der Waals surface area contributed by atoms with Crippen molar-refractivity contribution in [1.29, 1.82) is 5.26 Å². The van der Waals surface area contributed by atoms with E-state index < -0.39 is 0 Å². The van der Waals surface area contributed by atoms with Crippen LogP contribution >= 0.6 is 0 Å². The molecule has 0 saturated heterocycles. The van der Waals surface area contributed by atoms with Crippen molar-refractivity contribution in [3.8, 4) is 6.07 Å². The van der Waals surface area contributed by atoms with Crippen LogP contribution in [-0.4, -0.2) is 0 Å². The van der Waals surface area contributed by atoms with E-state index in [0.717, 1.165) is 0 Å².